The summed E-state index contributed by atoms with van der Waals surface area (Å²) in [7, 11) is 1.78. The van der Waals surface area contributed by atoms with E-state index in [1.165, 1.54) is 6.07 Å². The molecule has 0 radical (unpaired) electrons. The second-order valence-electron chi connectivity index (χ2n) is 4.91. The third-order valence-electron chi connectivity index (χ3n) is 3.23. The first kappa shape index (κ1) is 15.7. The highest BCUT2D eigenvalue weighted by atomic mass is 16.4. The van der Waals surface area contributed by atoms with Gasteiger partial charge in [-0.3, -0.25) is 9.59 Å². The summed E-state index contributed by atoms with van der Waals surface area (Å²) in [5.41, 5.74) is 1.24. The van der Waals surface area contributed by atoms with Gasteiger partial charge in [-0.05, 0) is 18.6 Å². The number of rotatable bonds is 6. The van der Waals surface area contributed by atoms with E-state index in [0.29, 0.717) is 30.2 Å². The van der Waals surface area contributed by atoms with Crippen LogP contribution in [0.15, 0.2) is 29.2 Å². The number of H-pyrrole nitrogens is 1. The monoisotopic (exact) mass is 302 g/mol. The maximum absolute atomic E-state index is 11.6. The topological polar surface area (TPSA) is 99.2 Å². The Balaban J connectivity index is 2.20. The summed E-state index contributed by atoms with van der Waals surface area (Å²) in [6, 6.07) is 5.05. The van der Waals surface area contributed by atoms with Gasteiger partial charge in [0, 0.05) is 37.1 Å². The molecule has 0 aliphatic carbocycles. The number of aliphatic carboxylic acids is 1. The Morgan fingerprint density at radius 2 is 2.18 bits per heavy atom. The number of pyridine rings is 1. The van der Waals surface area contributed by atoms with Crippen LogP contribution in [0.2, 0.25) is 0 Å². The zero-order valence-electron chi connectivity index (χ0n) is 12.5. The van der Waals surface area contributed by atoms with E-state index in [-0.39, 0.29) is 12.0 Å². The number of hydrogen-bond acceptors (Lipinski definition) is 5. The first-order valence-corrected chi connectivity index (χ1v) is 6.99. The fourth-order valence-corrected chi connectivity index (χ4v) is 1.96. The van der Waals surface area contributed by atoms with Crippen molar-refractivity contribution < 1.29 is 9.90 Å². The number of aromatic nitrogens is 3. The van der Waals surface area contributed by atoms with E-state index < -0.39 is 5.97 Å². The van der Waals surface area contributed by atoms with E-state index in [4.69, 9.17) is 5.11 Å². The molecule has 7 nitrogen and oxygen atoms in total. The molecule has 2 aromatic heterocycles. The average molecular weight is 302 g/mol. The molecule has 0 bridgehead atoms. The predicted molar refractivity (Wildman–Crippen MR) is 83.0 cm³/mol. The quantitative estimate of drug-likeness (QED) is 0.834. The van der Waals surface area contributed by atoms with Crippen LogP contribution in [0.4, 0.5) is 5.82 Å². The van der Waals surface area contributed by atoms with E-state index in [0.717, 1.165) is 5.69 Å². The van der Waals surface area contributed by atoms with Crippen molar-refractivity contribution in [2.24, 2.45) is 0 Å². The number of carboxylic acids is 1. The van der Waals surface area contributed by atoms with Gasteiger partial charge < -0.3 is 15.0 Å². The number of nitrogens with one attached hydrogen (secondary N) is 1. The minimum Gasteiger partial charge on any atom is -0.481 e. The SMILES string of the molecule is CCc1cc(=O)[nH]c(-c2ccc(N(C)CCC(=O)O)nc2)n1. The molecule has 0 saturated carbocycles. The van der Waals surface area contributed by atoms with Crippen molar-refractivity contribution in [2.45, 2.75) is 19.8 Å². The highest BCUT2D eigenvalue weighted by Gasteiger charge is 2.07. The molecule has 0 fully saturated rings. The van der Waals surface area contributed by atoms with Crippen molar-refractivity contribution in [3.05, 3.63) is 40.4 Å². The van der Waals surface area contributed by atoms with Crippen molar-refractivity contribution in [1.82, 2.24) is 15.0 Å². The summed E-state index contributed by atoms with van der Waals surface area (Å²) in [6.45, 7) is 2.31. The van der Waals surface area contributed by atoms with Gasteiger partial charge in [0.1, 0.15) is 11.6 Å². The molecule has 2 aromatic rings. The van der Waals surface area contributed by atoms with Gasteiger partial charge in [0.25, 0.3) is 5.56 Å². The fraction of sp³-hybridized carbons (Fsp3) is 0.333. The Labute approximate surface area is 127 Å². The third-order valence-corrected chi connectivity index (χ3v) is 3.23. The first-order chi connectivity index (χ1) is 10.5. The van der Waals surface area contributed by atoms with Gasteiger partial charge >= 0.3 is 5.97 Å². The first-order valence-electron chi connectivity index (χ1n) is 6.99. The molecule has 7 heteroatoms. The van der Waals surface area contributed by atoms with Crippen molar-refractivity contribution in [2.75, 3.05) is 18.5 Å². The Morgan fingerprint density at radius 1 is 1.41 bits per heavy atom. The van der Waals surface area contributed by atoms with Crippen LogP contribution in [0, 0.1) is 0 Å². The summed E-state index contributed by atoms with van der Waals surface area (Å²) in [4.78, 5) is 35.3. The molecule has 0 amide bonds. The minimum absolute atomic E-state index is 0.0490. The van der Waals surface area contributed by atoms with Gasteiger partial charge in [0.2, 0.25) is 0 Å². The van der Waals surface area contributed by atoms with Crippen LogP contribution in [0.3, 0.4) is 0 Å². The van der Waals surface area contributed by atoms with E-state index in [2.05, 4.69) is 15.0 Å². The van der Waals surface area contributed by atoms with Crippen LogP contribution in [0.5, 0.6) is 0 Å². The Hall–Kier alpha value is -2.70. The molecular weight excluding hydrogens is 284 g/mol. The second kappa shape index (κ2) is 6.84. The molecule has 0 aliphatic heterocycles. The molecule has 22 heavy (non-hydrogen) atoms. The molecular formula is C15H18N4O3. The summed E-state index contributed by atoms with van der Waals surface area (Å²) in [5, 5.41) is 8.69. The molecule has 0 unspecified atom stereocenters. The second-order valence-corrected chi connectivity index (χ2v) is 4.91. The smallest absolute Gasteiger partial charge is 0.305 e. The Kier molecular flexibility index (Phi) is 4.88. The summed E-state index contributed by atoms with van der Waals surface area (Å²) in [5.74, 6) is 0.303. The van der Waals surface area contributed by atoms with Crippen molar-refractivity contribution in [1.29, 1.82) is 0 Å². The number of carboxylic acid groups (broad SMARTS) is 1. The van der Waals surface area contributed by atoms with E-state index in [9.17, 15) is 9.59 Å². The van der Waals surface area contributed by atoms with Crippen LogP contribution in [-0.4, -0.2) is 39.6 Å². The molecule has 2 rings (SSSR count). The lowest BCUT2D eigenvalue weighted by molar-refractivity contribution is -0.136. The minimum atomic E-state index is -0.846. The molecule has 0 spiro atoms. The number of hydrogen-bond donors (Lipinski definition) is 2. The van der Waals surface area contributed by atoms with Crippen LogP contribution >= 0.6 is 0 Å². The molecule has 0 aliphatic rings. The molecule has 116 valence electrons. The molecule has 2 N–H and O–H groups in total. The van der Waals surface area contributed by atoms with Gasteiger partial charge in [0.05, 0.1) is 6.42 Å². The third kappa shape index (κ3) is 3.91. The van der Waals surface area contributed by atoms with Gasteiger partial charge in [-0.1, -0.05) is 6.92 Å². The molecule has 0 saturated heterocycles. The van der Waals surface area contributed by atoms with Crippen LogP contribution < -0.4 is 10.5 Å². The number of aryl methyl sites for hydroxylation is 1. The summed E-state index contributed by atoms with van der Waals surface area (Å²) in [6.07, 6.45) is 2.35. The van der Waals surface area contributed by atoms with Gasteiger partial charge in [-0.2, -0.15) is 0 Å². The number of anilines is 1. The lowest BCUT2D eigenvalue weighted by atomic mass is 10.2. The van der Waals surface area contributed by atoms with Gasteiger partial charge in [0.15, 0.2) is 0 Å². The zero-order valence-corrected chi connectivity index (χ0v) is 12.5. The maximum atomic E-state index is 11.6. The lowest BCUT2D eigenvalue weighted by Gasteiger charge is -2.17. The molecule has 0 atom stereocenters. The Morgan fingerprint density at radius 3 is 2.77 bits per heavy atom. The standard InChI is InChI=1S/C15H18N4O3/c1-3-11-8-13(20)18-15(17-11)10-4-5-12(16-9-10)19(2)7-6-14(21)22/h4-5,8-9H,3,6-7H2,1-2H3,(H,21,22)(H,17,18,20). The van der Waals surface area contributed by atoms with Crippen LogP contribution in [0.25, 0.3) is 11.4 Å². The van der Waals surface area contributed by atoms with Crippen molar-refractivity contribution in [3.8, 4) is 11.4 Å². The number of aromatic amines is 1. The fourth-order valence-electron chi connectivity index (χ4n) is 1.96. The van der Waals surface area contributed by atoms with Crippen LogP contribution in [-0.2, 0) is 11.2 Å². The predicted octanol–water partition coefficient (Wildman–Crippen LogP) is 1.31. The summed E-state index contributed by atoms with van der Waals surface area (Å²) >= 11 is 0. The molecule has 0 aromatic carbocycles. The highest BCUT2D eigenvalue weighted by molar-refractivity contribution is 5.67. The largest absolute Gasteiger partial charge is 0.481 e. The Bertz CT molecular complexity index is 709. The normalized spacial score (nSPS) is 10.5. The van der Waals surface area contributed by atoms with Crippen molar-refractivity contribution >= 4 is 11.8 Å². The van der Waals surface area contributed by atoms with E-state index in [1.807, 2.05) is 6.92 Å². The lowest BCUT2D eigenvalue weighted by Crippen LogP contribution is -2.21. The number of carbonyl (C=O) groups is 1. The zero-order chi connectivity index (χ0) is 16.1. The van der Waals surface area contributed by atoms with Crippen molar-refractivity contribution in [3.63, 3.8) is 0 Å². The van der Waals surface area contributed by atoms with E-state index in [1.54, 1.807) is 30.3 Å². The van der Waals surface area contributed by atoms with Gasteiger partial charge in [-0.15, -0.1) is 0 Å². The average Bonchev–Trinajstić information content (AvgIpc) is 2.52. The van der Waals surface area contributed by atoms with E-state index >= 15 is 0 Å². The van der Waals surface area contributed by atoms with Gasteiger partial charge in [-0.25, -0.2) is 9.97 Å². The molecule has 2 heterocycles. The van der Waals surface area contributed by atoms with Crippen LogP contribution in [0.1, 0.15) is 19.0 Å². The highest BCUT2D eigenvalue weighted by Crippen LogP contribution is 2.16. The maximum Gasteiger partial charge on any atom is 0.305 e. The number of nitrogens with zero attached hydrogens (tertiary/aromatic N) is 3. The summed E-state index contributed by atoms with van der Waals surface area (Å²) < 4.78 is 0.